The average molecular weight is 183 g/mol. The van der Waals surface area contributed by atoms with Gasteiger partial charge in [-0.1, -0.05) is 6.42 Å². The molecule has 0 aromatic rings. The van der Waals surface area contributed by atoms with Gasteiger partial charge < -0.3 is 10.0 Å². The molecule has 0 radical (unpaired) electrons. The lowest BCUT2D eigenvalue weighted by molar-refractivity contribution is -0.140. The van der Waals surface area contributed by atoms with E-state index in [1.807, 2.05) is 7.05 Å². The fourth-order valence-corrected chi connectivity index (χ4v) is 1.91. The third-order valence-electron chi connectivity index (χ3n) is 3.62. The second kappa shape index (κ2) is 2.98. The van der Waals surface area contributed by atoms with E-state index in [1.165, 1.54) is 6.42 Å². The van der Waals surface area contributed by atoms with Crippen LogP contribution in [0.3, 0.4) is 0 Å². The number of carbonyl (C=O) groups is 1. The van der Waals surface area contributed by atoms with Crippen LogP contribution in [0.1, 0.15) is 32.1 Å². The van der Waals surface area contributed by atoms with Crippen LogP contribution in [0.2, 0.25) is 0 Å². The first-order valence-corrected chi connectivity index (χ1v) is 5.08. The third-order valence-corrected chi connectivity index (χ3v) is 3.62. The molecule has 0 aliphatic heterocycles. The van der Waals surface area contributed by atoms with E-state index in [0.29, 0.717) is 0 Å². The van der Waals surface area contributed by atoms with Crippen molar-refractivity contribution in [3.8, 4) is 0 Å². The van der Waals surface area contributed by atoms with Gasteiger partial charge in [0.1, 0.15) is 0 Å². The minimum atomic E-state index is -0.174. The van der Waals surface area contributed by atoms with Crippen LogP contribution in [0, 0.1) is 5.92 Å². The normalized spacial score (nSPS) is 25.1. The van der Waals surface area contributed by atoms with Gasteiger partial charge >= 0.3 is 0 Å². The van der Waals surface area contributed by atoms with Gasteiger partial charge in [0, 0.05) is 13.0 Å². The number of hydrogen-bond acceptors (Lipinski definition) is 2. The van der Waals surface area contributed by atoms with Gasteiger partial charge in [-0.25, -0.2) is 0 Å². The maximum absolute atomic E-state index is 11.8. The van der Waals surface area contributed by atoms with Crippen LogP contribution in [0.4, 0.5) is 0 Å². The van der Waals surface area contributed by atoms with Crippen LogP contribution in [0.15, 0.2) is 0 Å². The van der Waals surface area contributed by atoms with Gasteiger partial charge in [-0.15, -0.1) is 0 Å². The topological polar surface area (TPSA) is 40.5 Å². The summed E-state index contributed by atoms with van der Waals surface area (Å²) >= 11 is 0. The van der Waals surface area contributed by atoms with Crippen molar-refractivity contribution in [3.63, 3.8) is 0 Å². The minimum absolute atomic E-state index is 0.127. The molecule has 0 unspecified atom stereocenters. The first kappa shape index (κ1) is 9.00. The molecule has 0 aromatic carbocycles. The van der Waals surface area contributed by atoms with Gasteiger partial charge in [-0.2, -0.15) is 0 Å². The minimum Gasteiger partial charge on any atom is -0.394 e. The Morgan fingerprint density at radius 2 is 2.15 bits per heavy atom. The highest BCUT2D eigenvalue weighted by molar-refractivity contribution is 5.80. The molecule has 13 heavy (non-hydrogen) atoms. The van der Waals surface area contributed by atoms with Crippen LogP contribution in [-0.4, -0.2) is 35.1 Å². The number of carbonyl (C=O) groups excluding carboxylic acids is 1. The van der Waals surface area contributed by atoms with E-state index in [-0.39, 0.29) is 24.0 Å². The van der Waals surface area contributed by atoms with E-state index in [4.69, 9.17) is 5.11 Å². The molecule has 0 atom stereocenters. The molecule has 2 aliphatic rings. The van der Waals surface area contributed by atoms with Crippen molar-refractivity contribution < 1.29 is 9.90 Å². The molecule has 0 aromatic heterocycles. The molecule has 0 bridgehead atoms. The highest BCUT2D eigenvalue weighted by Crippen LogP contribution is 2.42. The first-order chi connectivity index (χ1) is 6.19. The summed E-state index contributed by atoms with van der Waals surface area (Å²) < 4.78 is 0. The fourth-order valence-electron chi connectivity index (χ4n) is 1.91. The molecule has 1 amide bonds. The Kier molecular flexibility index (Phi) is 2.06. The number of rotatable bonds is 3. The summed E-state index contributed by atoms with van der Waals surface area (Å²) in [5.41, 5.74) is -0.174. The highest BCUT2D eigenvalue weighted by atomic mass is 16.3. The van der Waals surface area contributed by atoms with Crippen LogP contribution in [0.25, 0.3) is 0 Å². The number of nitrogens with zero attached hydrogens (tertiary/aromatic N) is 1. The largest absolute Gasteiger partial charge is 0.394 e. The van der Waals surface area contributed by atoms with Crippen molar-refractivity contribution in [1.82, 2.24) is 4.90 Å². The predicted octanol–water partition coefficient (Wildman–Crippen LogP) is 0.770. The average Bonchev–Trinajstić information content (AvgIpc) is 2.80. The lowest BCUT2D eigenvalue weighted by Gasteiger charge is -2.33. The zero-order valence-electron chi connectivity index (χ0n) is 8.12. The summed E-state index contributed by atoms with van der Waals surface area (Å²) in [5.74, 6) is 0.506. The van der Waals surface area contributed by atoms with E-state index < -0.39 is 0 Å². The molecule has 2 rings (SSSR count). The van der Waals surface area contributed by atoms with Gasteiger partial charge in [0.15, 0.2) is 0 Å². The quantitative estimate of drug-likeness (QED) is 0.702. The van der Waals surface area contributed by atoms with Crippen LogP contribution < -0.4 is 0 Å². The summed E-state index contributed by atoms with van der Waals surface area (Å²) in [6, 6.07) is 0. The third kappa shape index (κ3) is 1.35. The second-order valence-electron chi connectivity index (χ2n) is 4.41. The Labute approximate surface area is 78.7 Å². The Bertz CT molecular complexity index is 219. The predicted molar refractivity (Wildman–Crippen MR) is 49.2 cm³/mol. The van der Waals surface area contributed by atoms with Crippen LogP contribution in [-0.2, 0) is 4.79 Å². The van der Waals surface area contributed by atoms with E-state index in [2.05, 4.69) is 0 Å². The van der Waals surface area contributed by atoms with Crippen molar-refractivity contribution >= 4 is 5.91 Å². The molecule has 0 heterocycles. The van der Waals surface area contributed by atoms with Crippen molar-refractivity contribution in [1.29, 1.82) is 0 Å². The molecule has 3 heteroatoms. The number of likely N-dealkylation sites (N-methyl/N-ethyl adjacent to an activating group) is 1. The SMILES string of the molecule is CN(C(=O)C1CCC1)C1(CO)CC1. The molecule has 0 spiro atoms. The van der Waals surface area contributed by atoms with Crippen molar-refractivity contribution in [3.05, 3.63) is 0 Å². The Hall–Kier alpha value is -0.570. The zero-order valence-corrected chi connectivity index (χ0v) is 8.12. The molecular weight excluding hydrogens is 166 g/mol. The molecule has 74 valence electrons. The summed E-state index contributed by atoms with van der Waals surface area (Å²) in [5, 5.41) is 9.15. The Morgan fingerprint density at radius 3 is 2.46 bits per heavy atom. The number of amides is 1. The molecule has 3 nitrogen and oxygen atoms in total. The summed E-state index contributed by atoms with van der Waals surface area (Å²) in [7, 11) is 1.84. The highest BCUT2D eigenvalue weighted by Gasteiger charge is 2.49. The number of hydrogen-bond donors (Lipinski definition) is 1. The summed E-state index contributed by atoms with van der Waals surface area (Å²) in [6.07, 6.45) is 5.22. The van der Waals surface area contributed by atoms with Crippen molar-refractivity contribution in [2.45, 2.75) is 37.6 Å². The van der Waals surface area contributed by atoms with E-state index in [0.717, 1.165) is 25.7 Å². The maximum Gasteiger partial charge on any atom is 0.225 e. The van der Waals surface area contributed by atoms with Gasteiger partial charge in [0.05, 0.1) is 12.1 Å². The lowest BCUT2D eigenvalue weighted by Crippen LogP contribution is -2.45. The van der Waals surface area contributed by atoms with Gasteiger partial charge in [-0.3, -0.25) is 4.79 Å². The number of aliphatic hydroxyl groups is 1. The fraction of sp³-hybridized carbons (Fsp3) is 0.900. The summed E-state index contributed by atoms with van der Waals surface area (Å²) in [4.78, 5) is 13.6. The van der Waals surface area contributed by atoms with Crippen LogP contribution >= 0.6 is 0 Å². The van der Waals surface area contributed by atoms with Crippen molar-refractivity contribution in [2.75, 3.05) is 13.7 Å². The Morgan fingerprint density at radius 1 is 1.54 bits per heavy atom. The molecule has 2 saturated carbocycles. The molecule has 0 saturated heterocycles. The Balaban J connectivity index is 1.95. The van der Waals surface area contributed by atoms with Gasteiger partial charge in [0.2, 0.25) is 5.91 Å². The van der Waals surface area contributed by atoms with E-state index in [1.54, 1.807) is 4.90 Å². The zero-order chi connectivity index (χ0) is 9.47. The standard InChI is InChI=1S/C10H17NO2/c1-11(10(7-12)5-6-10)9(13)8-3-2-4-8/h8,12H,2-7H2,1H3. The van der Waals surface area contributed by atoms with Crippen molar-refractivity contribution in [2.24, 2.45) is 5.92 Å². The first-order valence-electron chi connectivity index (χ1n) is 5.08. The summed E-state index contributed by atoms with van der Waals surface area (Å²) in [6.45, 7) is 0.127. The van der Waals surface area contributed by atoms with Gasteiger partial charge in [0.25, 0.3) is 0 Å². The molecule has 2 aliphatic carbocycles. The molecular formula is C10H17NO2. The molecule has 1 N–H and O–H groups in total. The maximum atomic E-state index is 11.8. The van der Waals surface area contributed by atoms with Crippen LogP contribution in [0.5, 0.6) is 0 Å². The molecule has 2 fully saturated rings. The second-order valence-corrected chi connectivity index (χ2v) is 4.41. The number of aliphatic hydroxyl groups excluding tert-OH is 1. The van der Waals surface area contributed by atoms with E-state index in [9.17, 15) is 4.79 Å². The van der Waals surface area contributed by atoms with Gasteiger partial charge in [-0.05, 0) is 25.7 Å². The monoisotopic (exact) mass is 183 g/mol. The lowest BCUT2D eigenvalue weighted by atomic mass is 9.84. The van der Waals surface area contributed by atoms with E-state index >= 15 is 0 Å². The smallest absolute Gasteiger partial charge is 0.225 e.